The summed E-state index contributed by atoms with van der Waals surface area (Å²) < 4.78 is 0. The van der Waals surface area contributed by atoms with Gasteiger partial charge in [-0.1, -0.05) is 0 Å². The van der Waals surface area contributed by atoms with Gasteiger partial charge in [-0.25, -0.2) is 9.59 Å². The molecule has 0 rings (SSSR count). The average Bonchev–Trinajstić information content (AvgIpc) is 2.14. The van der Waals surface area contributed by atoms with E-state index in [4.69, 9.17) is 20.4 Å². The lowest BCUT2D eigenvalue weighted by molar-refractivity contribution is -0.213. The van der Waals surface area contributed by atoms with Crippen LogP contribution in [-0.4, -0.2) is 65.7 Å². The fourth-order valence-corrected chi connectivity index (χ4v) is 1.24. The van der Waals surface area contributed by atoms with Gasteiger partial charge >= 0.3 is 23.9 Å². The molecule has 0 spiro atoms. The van der Waals surface area contributed by atoms with Gasteiger partial charge in [-0.05, 0) is 0 Å². The van der Waals surface area contributed by atoms with Gasteiger partial charge in [-0.2, -0.15) is 0 Å². The second-order valence-electron chi connectivity index (χ2n) is 3.47. The number of carboxylic acids is 4. The SMILES string of the molecule is O=C(O)CC(O)(C(=O)O)C(O)(CC(=O)O)C(=O)O. The van der Waals surface area contributed by atoms with E-state index in [0.29, 0.717) is 0 Å². The number of carboxylic acid groups (broad SMARTS) is 4. The quantitative estimate of drug-likeness (QED) is 0.288. The third-order valence-electron chi connectivity index (χ3n) is 2.21. The second-order valence-corrected chi connectivity index (χ2v) is 3.47. The van der Waals surface area contributed by atoms with Crippen molar-refractivity contribution in [2.75, 3.05) is 0 Å². The minimum absolute atomic E-state index is 1.68. The minimum atomic E-state index is -3.68. The van der Waals surface area contributed by atoms with Crippen molar-refractivity contribution in [3.63, 3.8) is 0 Å². The Morgan fingerprint density at radius 1 is 0.667 bits per heavy atom. The van der Waals surface area contributed by atoms with E-state index in [0.717, 1.165) is 0 Å². The van der Waals surface area contributed by atoms with Gasteiger partial charge in [0, 0.05) is 0 Å². The van der Waals surface area contributed by atoms with Crippen LogP contribution in [0, 0.1) is 0 Å². The monoisotopic (exact) mass is 266 g/mol. The summed E-state index contributed by atoms with van der Waals surface area (Å²) in [6, 6.07) is 0. The molecule has 0 saturated carbocycles. The minimum Gasteiger partial charge on any atom is -0.481 e. The largest absolute Gasteiger partial charge is 0.481 e. The maximum absolute atomic E-state index is 10.8. The van der Waals surface area contributed by atoms with Crippen molar-refractivity contribution in [2.24, 2.45) is 0 Å². The highest BCUT2D eigenvalue weighted by Crippen LogP contribution is 2.30. The molecule has 2 unspecified atom stereocenters. The molecule has 0 radical (unpaired) electrons. The van der Waals surface area contributed by atoms with Crippen LogP contribution in [0.3, 0.4) is 0 Å². The molecule has 0 fully saturated rings. The Balaban J connectivity index is 5.78. The first-order chi connectivity index (χ1) is 7.97. The van der Waals surface area contributed by atoms with Crippen molar-refractivity contribution < 1.29 is 49.8 Å². The zero-order chi connectivity index (χ0) is 14.7. The van der Waals surface area contributed by atoms with Gasteiger partial charge in [0.25, 0.3) is 0 Å². The fraction of sp³-hybridized carbons (Fsp3) is 0.500. The van der Waals surface area contributed by atoms with Crippen LogP contribution < -0.4 is 0 Å². The molecule has 0 aromatic rings. The lowest BCUT2D eigenvalue weighted by atomic mass is 9.77. The lowest BCUT2D eigenvalue weighted by Gasteiger charge is -2.34. The summed E-state index contributed by atoms with van der Waals surface area (Å²) in [6.45, 7) is 0. The molecule has 0 aromatic carbocycles. The summed E-state index contributed by atoms with van der Waals surface area (Å²) in [5.74, 6) is -8.58. The Labute approximate surface area is 98.7 Å². The summed E-state index contributed by atoms with van der Waals surface area (Å²) in [4.78, 5) is 42.3. The van der Waals surface area contributed by atoms with Crippen LogP contribution in [-0.2, 0) is 19.2 Å². The van der Waals surface area contributed by atoms with Crippen LogP contribution in [0.1, 0.15) is 12.8 Å². The number of aliphatic hydroxyl groups is 2. The first-order valence-corrected chi connectivity index (χ1v) is 4.32. The zero-order valence-corrected chi connectivity index (χ0v) is 8.73. The standard InChI is InChI=1S/C8H10O10/c9-3(10)1-7(17,5(13)14)8(18,6(15)16)2-4(11)12/h17-18H,1-2H2,(H,9,10)(H,11,12)(H,13,14)(H,15,16). The highest BCUT2D eigenvalue weighted by atomic mass is 16.5. The number of rotatable bonds is 7. The van der Waals surface area contributed by atoms with Crippen molar-refractivity contribution in [1.29, 1.82) is 0 Å². The topological polar surface area (TPSA) is 190 Å². The molecule has 0 bridgehead atoms. The van der Waals surface area contributed by atoms with Crippen LogP contribution in [0.4, 0.5) is 0 Å². The molecular weight excluding hydrogens is 256 g/mol. The normalized spacial score (nSPS) is 17.2. The Kier molecular flexibility index (Phi) is 4.37. The van der Waals surface area contributed by atoms with Crippen LogP contribution in [0.25, 0.3) is 0 Å². The molecule has 18 heavy (non-hydrogen) atoms. The predicted octanol–water partition coefficient (Wildman–Crippen LogP) is -2.43. The lowest BCUT2D eigenvalue weighted by Crippen LogP contribution is -2.65. The number of carbonyl (C=O) groups is 4. The molecule has 0 heterocycles. The molecule has 0 aliphatic heterocycles. The molecule has 0 amide bonds. The van der Waals surface area contributed by atoms with Crippen molar-refractivity contribution in [3.8, 4) is 0 Å². The molecule has 0 saturated heterocycles. The summed E-state index contributed by atoms with van der Waals surface area (Å²) in [5.41, 5.74) is -7.36. The van der Waals surface area contributed by atoms with Crippen molar-refractivity contribution in [3.05, 3.63) is 0 Å². The van der Waals surface area contributed by atoms with Crippen LogP contribution in [0.2, 0.25) is 0 Å². The highest BCUT2D eigenvalue weighted by Gasteiger charge is 2.62. The van der Waals surface area contributed by atoms with Gasteiger partial charge in [0.15, 0.2) is 0 Å². The molecule has 0 aliphatic carbocycles. The van der Waals surface area contributed by atoms with Crippen molar-refractivity contribution in [1.82, 2.24) is 0 Å². The second kappa shape index (κ2) is 4.98. The summed E-state index contributed by atoms with van der Waals surface area (Å²) in [7, 11) is 0. The molecule has 0 aromatic heterocycles. The molecule has 0 aliphatic rings. The summed E-state index contributed by atoms with van der Waals surface area (Å²) in [5, 5.41) is 53.1. The summed E-state index contributed by atoms with van der Waals surface area (Å²) >= 11 is 0. The van der Waals surface area contributed by atoms with Gasteiger partial charge < -0.3 is 30.6 Å². The van der Waals surface area contributed by atoms with Crippen LogP contribution in [0.5, 0.6) is 0 Å². The third kappa shape index (κ3) is 2.73. The van der Waals surface area contributed by atoms with E-state index in [1.807, 2.05) is 0 Å². The average molecular weight is 266 g/mol. The van der Waals surface area contributed by atoms with E-state index in [1.54, 1.807) is 0 Å². The first kappa shape index (κ1) is 15.8. The zero-order valence-electron chi connectivity index (χ0n) is 8.73. The van der Waals surface area contributed by atoms with Gasteiger partial charge in [0.05, 0.1) is 12.8 Å². The molecule has 102 valence electrons. The number of hydrogen-bond acceptors (Lipinski definition) is 6. The van der Waals surface area contributed by atoms with E-state index in [9.17, 15) is 29.4 Å². The van der Waals surface area contributed by atoms with Gasteiger partial charge in [-0.15, -0.1) is 0 Å². The maximum Gasteiger partial charge on any atom is 0.340 e. The van der Waals surface area contributed by atoms with E-state index in [2.05, 4.69) is 0 Å². The number of hydrogen-bond donors (Lipinski definition) is 6. The Hall–Kier alpha value is -2.20. The Morgan fingerprint density at radius 2 is 0.889 bits per heavy atom. The van der Waals surface area contributed by atoms with E-state index < -0.39 is 47.9 Å². The molecule has 6 N–H and O–H groups in total. The third-order valence-corrected chi connectivity index (χ3v) is 2.21. The van der Waals surface area contributed by atoms with Gasteiger partial charge in [0.1, 0.15) is 0 Å². The van der Waals surface area contributed by atoms with Gasteiger partial charge in [0.2, 0.25) is 11.2 Å². The Bertz CT molecular complexity index is 363. The summed E-state index contributed by atoms with van der Waals surface area (Å²) in [6.07, 6.45) is -3.36. The smallest absolute Gasteiger partial charge is 0.340 e. The molecule has 10 nitrogen and oxygen atoms in total. The van der Waals surface area contributed by atoms with Crippen LogP contribution in [0.15, 0.2) is 0 Å². The molecule has 2 atom stereocenters. The van der Waals surface area contributed by atoms with E-state index >= 15 is 0 Å². The van der Waals surface area contributed by atoms with Crippen LogP contribution >= 0.6 is 0 Å². The van der Waals surface area contributed by atoms with Gasteiger partial charge in [-0.3, -0.25) is 9.59 Å². The first-order valence-electron chi connectivity index (χ1n) is 4.32. The van der Waals surface area contributed by atoms with Crippen molar-refractivity contribution in [2.45, 2.75) is 24.0 Å². The number of aliphatic carboxylic acids is 4. The fourth-order valence-electron chi connectivity index (χ4n) is 1.24. The highest BCUT2D eigenvalue weighted by molar-refractivity contribution is 5.96. The molecular formula is C8H10O10. The Morgan fingerprint density at radius 3 is 1.00 bits per heavy atom. The maximum atomic E-state index is 10.8. The van der Waals surface area contributed by atoms with E-state index in [-0.39, 0.29) is 0 Å². The molecule has 10 heteroatoms. The van der Waals surface area contributed by atoms with Crippen molar-refractivity contribution >= 4 is 23.9 Å². The predicted molar refractivity (Wildman–Crippen MR) is 49.7 cm³/mol. The van der Waals surface area contributed by atoms with E-state index in [1.165, 1.54) is 0 Å².